The van der Waals surface area contributed by atoms with Gasteiger partial charge in [-0.05, 0) is 29.8 Å². The Morgan fingerprint density at radius 3 is 2.43 bits per heavy atom. The van der Waals surface area contributed by atoms with Crippen molar-refractivity contribution in [3.8, 4) is 11.5 Å². The van der Waals surface area contributed by atoms with Crippen molar-refractivity contribution < 1.29 is 28.2 Å². The highest BCUT2D eigenvalue weighted by molar-refractivity contribution is 5.92. The molecule has 0 amide bonds. The lowest BCUT2D eigenvalue weighted by Crippen LogP contribution is -2.05. The molecule has 0 spiro atoms. The van der Waals surface area contributed by atoms with Gasteiger partial charge in [-0.2, -0.15) is 0 Å². The maximum absolute atomic E-state index is 13.1. The number of halogens is 2. The number of hydrogen-bond donors (Lipinski definition) is 1. The first-order valence-electron chi connectivity index (χ1n) is 5.99. The van der Waals surface area contributed by atoms with Crippen LogP contribution in [0.5, 0.6) is 11.5 Å². The summed E-state index contributed by atoms with van der Waals surface area (Å²) in [6.07, 6.45) is 0. The van der Waals surface area contributed by atoms with E-state index >= 15 is 0 Å². The summed E-state index contributed by atoms with van der Waals surface area (Å²) in [5.74, 6) is -2.41. The molecule has 0 saturated heterocycles. The largest absolute Gasteiger partial charge is 0.493 e. The minimum atomic E-state index is -1.19. The molecule has 2 aromatic rings. The Morgan fingerprint density at radius 2 is 1.86 bits per heavy atom. The zero-order valence-corrected chi connectivity index (χ0v) is 11.1. The molecule has 2 aromatic carbocycles. The quantitative estimate of drug-likeness (QED) is 0.919. The second-order valence-corrected chi connectivity index (χ2v) is 4.21. The zero-order valence-electron chi connectivity index (χ0n) is 11.1. The molecule has 4 nitrogen and oxygen atoms in total. The smallest absolute Gasteiger partial charge is 0.339 e. The standard InChI is InChI=1S/C15H12F2O4/c1-20-13-4-2-3-12(15(18)19)14(13)21-8-9-5-10(16)7-11(17)6-9/h2-7H,8H2,1H3,(H,18,19). The maximum Gasteiger partial charge on any atom is 0.339 e. The van der Waals surface area contributed by atoms with Crippen molar-refractivity contribution in [3.63, 3.8) is 0 Å². The number of benzene rings is 2. The van der Waals surface area contributed by atoms with Crippen molar-refractivity contribution in [1.29, 1.82) is 0 Å². The lowest BCUT2D eigenvalue weighted by Gasteiger charge is -2.13. The Morgan fingerprint density at radius 1 is 1.19 bits per heavy atom. The van der Waals surface area contributed by atoms with E-state index in [1.54, 1.807) is 0 Å². The molecule has 0 aliphatic carbocycles. The van der Waals surface area contributed by atoms with Crippen LogP contribution in [0.4, 0.5) is 8.78 Å². The SMILES string of the molecule is COc1cccc(C(=O)O)c1OCc1cc(F)cc(F)c1. The number of aromatic carboxylic acids is 1. The van der Waals surface area contributed by atoms with E-state index in [0.717, 1.165) is 18.2 Å². The first-order chi connectivity index (χ1) is 10.0. The van der Waals surface area contributed by atoms with Crippen LogP contribution in [0.25, 0.3) is 0 Å². The summed E-state index contributed by atoms with van der Waals surface area (Å²) in [4.78, 5) is 11.2. The minimum absolute atomic E-state index is 0.0113. The van der Waals surface area contributed by atoms with Gasteiger partial charge in [0.05, 0.1) is 7.11 Å². The lowest BCUT2D eigenvalue weighted by atomic mass is 10.2. The number of carboxylic acid groups (broad SMARTS) is 1. The van der Waals surface area contributed by atoms with Crippen LogP contribution >= 0.6 is 0 Å². The highest BCUT2D eigenvalue weighted by atomic mass is 19.1. The third-order valence-electron chi connectivity index (χ3n) is 2.73. The van der Waals surface area contributed by atoms with Crippen LogP contribution in [0, 0.1) is 11.6 Å². The molecular formula is C15H12F2O4. The van der Waals surface area contributed by atoms with E-state index in [0.29, 0.717) is 0 Å². The molecule has 0 atom stereocenters. The fourth-order valence-corrected chi connectivity index (χ4v) is 1.84. The Hall–Kier alpha value is -2.63. The summed E-state index contributed by atoms with van der Waals surface area (Å²) in [6.45, 7) is -0.185. The summed E-state index contributed by atoms with van der Waals surface area (Å²) in [5, 5.41) is 9.12. The average Bonchev–Trinajstić information content (AvgIpc) is 2.43. The number of hydrogen-bond acceptors (Lipinski definition) is 3. The van der Waals surface area contributed by atoms with E-state index in [2.05, 4.69) is 0 Å². The average molecular weight is 294 g/mol. The molecule has 0 aliphatic rings. The van der Waals surface area contributed by atoms with Crippen molar-refractivity contribution in [2.24, 2.45) is 0 Å². The number of para-hydroxylation sites is 1. The van der Waals surface area contributed by atoms with E-state index in [9.17, 15) is 13.6 Å². The molecule has 0 bridgehead atoms. The second-order valence-electron chi connectivity index (χ2n) is 4.21. The van der Waals surface area contributed by atoms with Gasteiger partial charge in [0.1, 0.15) is 23.8 Å². The Labute approximate surface area is 119 Å². The van der Waals surface area contributed by atoms with Crippen molar-refractivity contribution in [2.45, 2.75) is 6.61 Å². The highest BCUT2D eigenvalue weighted by Crippen LogP contribution is 2.31. The van der Waals surface area contributed by atoms with Crippen LogP contribution in [-0.4, -0.2) is 18.2 Å². The van der Waals surface area contributed by atoms with Gasteiger partial charge in [0.2, 0.25) is 0 Å². The van der Waals surface area contributed by atoms with Crippen LogP contribution in [0.15, 0.2) is 36.4 Å². The van der Waals surface area contributed by atoms with Crippen LogP contribution in [-0.2, 0) is 6.61 Å². The summed E-state index contributed by atoms with van der Waals surface area (Å²) in [6, 6.07) is 7.37. The molecule has 110 valence electrons. The monoisotopic (exact) mass is 294 g/mol. The summed E-state index contributed by atoms with van der Waals surface area (Å²) in [7, 11) is 1.37. The van der Waals surface area contributed by atoms with Crippen LogP contribution in [0.3, 0.4) is 0 Å². The minimum Gasteiger partial charge on any atom is -0.493 e. The van der Waals surface area contributed by atoms with Gasteiger partial charge in [0.25, 0.3) is 0 Å². The fraction of sp³-hybridized carbons (Fsp3) is 0.133. The molecule has 6 heteroatoms. The summed E-state index contributed by atoms with van der Waals surface area (Å²) >= 11 is 0. The first-order valence-corrected chi connectivity index (χ1v) is 5.99. The molecule has 0 saturated carbocycles. The first kappa shape index (κ1) is 14.8. The van der Waals surface area contributed by atoms with Gasteiger partial charge in [-0.1, -0.05) is 6.07 Å². The number of carbonyl (C=O) groups is 1. The molecule has 0 aromatic heterocycles. The molecular weight excluding hydrogens is 282 g/mol. The summed E-state index contributed by atoms with van der Waals surface area (Å²) < 4.78 is 36.6. The van der Waals surface area contributed by atoms with Gasteiger partial charge in [0.15, 0.2) is 11.5 Å². The lowest BCUT2D eigenvalue weighted by molar-refractivity contribution is 0.0691. The van der Waals surface area contributed by atoms with Crippen molar-refractivity contribution in [3.05, 3.63) is 59.2 Å². The third-order valence-corrected chi connectivity index (χ3v) is 2.73. The number of carboxylic acids is 1. The summed E-state index contributed by atoms with van der Waals surface area (Å²) in [5.41, 5.74) is 0.154. The number of ether oxygens (including phenoxy) is 2. The predicted octanol–water partition coefficient (Wildman–Crippen LogP) is 3.25. The van der Waals surface area contributed by atoms with Crippen LogP contribution in [0.2, 0.25) is 0 Å². The molecule has 21 heavy (non-hydrogen) atoms. The fourth-order valence-electron chi connectivity index (χ4n) is 1.84. The number of rotatable bonds is 5. The molecule has 2 rings (SSSR count). The zero-order chi connectivity index (χ0) is 15.4. The van der Waals surface area contributed by atoms with Crippen LogP contribution < -0.4 is 9.47 Å². The van der Waals surface area contributed by atoms with Gasteiger partial charge >= 0.3 is 5.97 Å². The predicted molar refractivity (Wildman–Crippen MR) is 70.6 cm³/mol. The van der Waals surface area contributed by atoms with Crippen molar-refractivity contribution in [2.75, 3.05) is 7.11 Å². The number of methoxy groups -OCH3 is 1. The van der Waals surface area contributed by atoms with E-state index in [-0.39, 0.29) is 29.2 Å². The molecule has 0 unspecified atom stereocenters. The Balaban J connectivity index is 2.28. The topological polar surface area (TPSA) is 55.8 Å². The van der Waals surface area contributed by atoms with Crippen molar-refractivity contribution >= 4 is 5.97 Å². The van der Waals surface area contributed by atoms with Gasteiger partial charge in [-0.15, -0.1) is 0 Å². The Bertz CT molecular complexity index is 650. The van der Waals surface area contributed by atoms with Gasteiger partial charge in [0, 0.05) is 6.07 Å². The highest BCUT2D eigenvalue weighted by Gasteiger charge is 2.16. The molecule has 0 aliphatic heterocycles. The maximum atomic E-state index is 13.1. The van der Waals surface area contributed by atoms with Gasteiger partial charge < -0.3 is 14.6 Å². The molecule has 1 N–H and O–H groups in total. The molecule has 0 radical (unpaired) electrons. The van der Waals surface area contributed by atoms with E-state index < -0.39 is 17.6 Å². The van der Waals surface area contributed by atoms with Crippen molar-refractivity contribution in [1.82, 2.24) is 0 Å². The Kier molecular flexibility index (Phi) is 4.37. The molecule has 0 heterocycles. The van der Waals surface area contributed by atoms with E-state index in [1.165, 1.54) is 25.3 Å². The van der Waals surface area contributed by atoms with Gasteiger partial charge in [-0.3, -0.25) is 0 Å². The second kappa shape index (κ2) is 6.21. The normalized spacial score (nSPS) is 10.2. The van der Waals surface area contributed by atoms with Gasteiger partial charge in [-0.25, -0.2) is 13.6 Å². The van der Waals surface area contributed by atoms with E-state index in [4.69, 9.17) is 14.6 Å². The third kappa shape index (κ3) is 3.47. The van der Waals surface area contributed by atoms with E-state index in [1.807, 2.05) is 0 Å². The molecule has 0 fully saturated rings. The van der Waals surface area contributed by atoms with Crippen LogP contribution in [0.1, 0.15) is 15.9 Å².